The molecule has 1 heterocycles. The highest BCUT2D eigenvalue weighted by Crippen LogP contribution is 2.36. The van der Waals surface area contributed by atoms with Crippen LogP contribution in [0.1, 0.15) is 15.9 Å². The second-order valence-electron chi connectivity index (χ2n) is 3.92. The summed E-state index contributed by atoms with van der Waals surface area (Å²) < 4.78 is 51.6. The van der Waals surface area contributed by atoms with Crippen LogP contribution in [0.5, 0.6) is 0 Å². The number of carbonyl (C=O) groups is 1. The van der Waals surface area contributed by atoms with E-state index in [9.17, 15) is 22.4 Å². The highest BCUT2D eigenvalue weighted by Gasteiger charge is 2.36. The molecule has 1 N–H and O–H groups in total. The minimum absolute atomic E-state index is 0.0338. The average Bonchev–Trinajstić information content (AvgIpc) is 2.36. The van der Waals surface area contributed by atoms with Gasteiger partial charge in [-0.25, -0.2) is 9.18 Å². The van der Waals surface area contributed by atoms with Gasteiger partial charge in [-0.2, -0.15) is 13.2 Å². The molecule has 0 aliphatic carbocycles. The largest absolute Gasteiger partial charge is 0.478 e. The Hall–Kier alpha value is -2.44. The molecule has 0 aliphatic rings. The zero-order chi connectivity index (χ0) is 14.9. The minimum atomic E-state index is -4.81. The van der Waals surface area contributed by atoms with E-state index in [0.29, 0.717) is 6.07 Å². The van der Waals surface area contributed by atoms with Crippen LogP contribution in [0.2, 0.25) is 0 Å². The molecule has 104 valence electrons. The Balaban J connectivity index is 2.74. The molecule has 0 amide bonds. The van der Waals surface area contributed by atoms with Gasteiger partial charge < -0.3 is 5.11 Å². The number of hydrogen-bond donors (Lipinski definition) is 1. The summed E-state index contributed by atoms with van der Waals surface area (Å²) in [6, 6.07) is 3.83. The molecule has 2 aromatic rings. The Morgan fingerprint density at radius 2 is 1.90 bits per heavy atom. The predicted molar refractivity (Wildman–Crippen MR) is 61.6 cm³/mol. The molecule has 1 aromatic carbocycles. The van der Waals surface area contributed by atoms with Crippen LogP contribution in [0.15, 0.2) is 36.7 Å². The fraction of sp³-hybridized carbons (Fsp3) is 0.0769. The van der Waals surface area contributed by atoms with Gasteiger partial charge in [0.1, 0.15) is 5.82 Å². The number of alkyl halides is 3. The van der Waals surface area contributed by atoms with Gasteiger partial charge in [0.2, 0.25) is 0 Å². The van der Waals surface area contributed by atoms with Crippen molar-refractivity contribution in [2.24, 2.45) is 0 Å². The Bertz CT molecular complexity index is 668. The summed E-state index contributed by atoms with van der Waals surface area (Å²) in [6.07, 6.45) is -2.84. The summed E-state index contributed by atoms with van der Waals surface area (Å²) in [5, 5.41) is 9.03. The number of carboxylic acids is 1. The molecule has 7 heteroatoms. The van der Waals surface area contributed by atoms with E-state index in [1.807, 2.05) is 0 Å². The van der Waals surface area contributed by atoms with Gasteiger partial charge in [0.15, 0.2) is 0 Å². The van der Waals surface area contributed by atoms with E-state index in [1.54, 1.807) is 0 Å². The van der Waals surface area contributed by atoms with Crippen molar-refractivity contribution in [1.29, 1.82) is 0 Å². The Morgan fingerprint density at radius 3 is 2.45 bits per heavy atom. The van der Waals surface area contributed by atoms with Crippen molar-refractivity contribution in [2.75, 3.05) is 0 Å². The van der Waals surface area contributed by atoms with E-state index >= 15 is 0 Å². The normalized spacial score (nSPS) is 11.4. The van der Waals surface area contributed by atoms with E-state index in [4.69, 9.17) is 5.11 Å². The summed E-state index contributed by atoms with van der Waals surface area (Å²) in [5.41, 5.74) is -2.48. The van der Waals surface area contributed by atoms with Crippen molar-refractivity contribution in [3.05, 3.63) is 53.6 Å². The van der Waals surface area contributed by atoms with Gasteiger partial charge in [-0.3, -0.25) is 4.98 Å². The third-order valence-corrected chi connectivity index (χ3v) is 2.60. The highest BCUT2D eigenvalue weighted by molar-refractivity contribution is 5.97. The third-order valence-electron chi connectivity index (χ3n) is 2.60. The first-order valence-electron chi connectivity index (χ1n) is 5.35. The highest BCUT2D eigenvalue weighted by atomic mass is 19.4. The maximum Gasteiger partial charge on any atom is 0.417 e. The average molecular weight is 285 g/mol. The number of benzene rings is 1. The predicted octanol–water partition coefficient (Wildman–Crippen LogP) is 3.60. The standard InChI is InChI=1S/C13H7F4NO2/c14-8-4-7(5-18-6-8)9-2-1-3-10(13(15,16)17)11(9)12(19)20/h1-6H,(H,19,20). The van der Waals surface area contributed by atoms with Crippen LogP contribution in [-0.2, 0) is 6.18 Å². The number of halogens is 4. The van der Waals surface area contributed by atoms with Gasteiger partial charge in [0.05, 0.1) is 17.3 Å². The van der Waals surface area contributed by atoms with Gasteiger partial charge in [0.25, 0.3) is 0 Å². The smallest absolute Gasteiger partial charge is 0.417 e. The van der Waals surface area contributed by atoms with Gasteiger partial charge in [-0.15, -0.1) is 0 Å². The van der Waals surface area contributed by atoms with Gasteiger partial charge in [-0.05, 0) is 17.7 Å². The van der Waals surface area contributed by atoms with Crippen molar-refractivity contribution in [1.82, 2.24) is 4.98 Å². The Labute approximate surface area is 110 Å². The van der Waals surface area contributed by atoms with E-state index in [-0.39, 0.29) is 11.1 Å². The lowest BCUT2D eigenvalue weighted by atomic mass is 9.96. The van der Waals surface area contributed by atoms with Crippen molar-refractivity contribution < 1.29 is 27.5 Å². The number of nitrogens with zero attached hydrogens (tertiary/aromatic N) is 1. The molecule has 1 aromatic heterocycles. The van der Waals surface area contributed by atoms with E-state index in [1.165, 1.54) is 6.07 Å². The molecular weight excluding hydrogens is 278 g/mol. The summed E-state index contributed by atoms with van der Waals surface area (Å²) in [4.78, 5) is 14.6. The molecule has 0 atom stereocenters. The van der Waals surface area contributed by atoms with E-state index < -0.39 is 29.1 Å². The lowest BCUT2D eigenvalue weighted by Gasteiger charge is -2.14. The zero-order valence-electron chi connectivity index (χ0n) is 9.78. The monoisotopic (exact) mass is 285 g/mol. The molecule has 0 fully saturated rings. The van der Waals surface area contributed by atoms with Crippen LogP contribution in [0.25, 0.3) is 11.1 Å². The van der Waals surface area contributed by atoms with Crippen molar-refractivity contribution in [3.8, 4) is 11.1 Å². The van der Waals surface area contributed by atoms with Gasteiger partial charge in [-0.1, -0.05) is 12.1 Å². The Kier molecular flexibility index (Phi) is 3.44. The van der Waals surface area contributed by atoms with Crippen LogP contribution in [-0.4, -0.2) is 16.1 Å². The molecule has 0 saturated carbocycles. The van der Waals surface area contributed by atoms with E-state index in [0.717, 1.165) is 24.5 Å². The molecular formula is C13H7F4NO2. The maximum absolute atomic E-state index is 13.1. The number of rotatable bonds is 2. The summed E-state index contributed by atoms with van der Waals surface area (Å²) >= 11 is 0. The zero-order valence-corrected chi connectivity index (χ0v) is 9.78. The molecule has 20 heavy (non-hydrogen) atoms. The second kappa shape index (κ2) is 4.92. The molecule has 0 bridgehead atoms. The van der Waals surface area contributed by atoms with Crippen LogP contribution >= 0.6 is 0 Å². The molecule has 0 aliphatic heterocycles. The SMILES string of the molecule is O=C(O)c1c(-c2cncc(F)c2)cccc1C(F)(F)F. The molecule has 0 radical (unpaired) electrons. The van der Waals surface area contributed by atoms with E-state index in [2.05, 4.69) is 4.98 Å². The lowest BCUT2D eigenvalue weighted by molar-refractivity contribution is -0.138. The van der Waals surface area contributed by atoms with Crippen molar-refractivity contribution >= 4 is 5.97 Å². The Morgan fingerprint density at radius 1 is 1.20 bits per heavy atom. The minimum Gasteiger partial charge on any atom is -0.478 e. The summed E-state index contributed by atoms with van der Waals surface area (Å²) in [7, 11) is 0. The van der Waals surface area contributed by atoms with Crippen LogP contribution in [0.4, 0.5) is 17.6 Å². The van der Waals surface area contributed by atoms with Crippen molar-refractivity contribution in [3.63, 3.8) is 0 Å². The number of aromatic carboxylic acids is 1. The fourth-order valence-corrected chi connectivity index (χ4v) is 1.82. The summed E-state index contributed by atoms with van der Waals surface area (Å²) in [5.74, 6) is -2.51. The number of carboxylic acid groups (broad SMARTS) is 1. The topological polar surface area (TPSA) is 50.2 Å². The molecule has 0 spiro atoms. The summed E-state index contributed by atoms with van der Waals surface area (Å²) in [6.45, 7) is 0. The molecule has 3 nitrogen and oxygen atoms in total. The number of hydrogen-bond acceptors (Lipinski definition) is 2. The first kappa shape index (κ1) is 14.0. The lowest BCUT2D eigenvalue weighted by Crippen LogP contribution is -2.14. The fourth-order valence-electron chi connectivity index (χ4n) is 1.82. The first-order chi connectivity index (χ1) is 9.30. The molecule has 2 rings (SSSR count). The van der Waals surface area contributed by atoms with Crippen LogP contribution in [0, 0.1) is 5.82 Å². The molecule has 0 unspecified atom stereocenters. The maximum atomic E-state index is 13.1. The van der Waals surface area contributed by atoms with Crippen LogP contribution < -0.4 is 0 Å². The van der Waals surface area contributed by atoms with Gasteiger partial charge in [0, 0.05) is 11.8 Å². The first-order valence-corrected chi connectivity index (χ1v) is 5.35. The second-order valence-corrected chi connectivity index (χ2v) is 3.92. The number of pyridine rings is 1. The van der Waals surface area contributed by atoms with Crippen molar-refractivity contribution in [2.45, 2.75) is 6.18 Å². The quantitative estimate of drug-likeness (QED) is 0.858. The molecule has 0 saturated heterocycles. The third kappa shape index (κ3) is 2.61. The van der Waals surface area contributed by atoms with Crippen LogP contribution in [0.3, 0.4) is 0 Å². The van der Waals surface area contributed by atoms with Gasteiger partial charge >= 0.3 is 12.1 Å². The number of aromatic nitrogens is 1.